The minimum atomic E-state index is 0.0458. The molecule has 3 heteroatoms. The molecule has 0 aliphatic heterocycles. The lowest BCUT2D eigenvalue weighted by Crippen LogP contribution is -2.05. The summed E-state index contributed by atoms with van der Waals surface area (Å²) in [7, 11) is 0. The number of hydrogen-bond donors (Lipinski definition) is 0. The molecule has 0 radical (unpaired) electrons. The Balaban J connectivity index is 1.95. The number of ketones is 1. The van der Waals surface area contributed by atoms with E-state index in [9.17, 15) is 4.79 Å². The van der Waals surface area contributed by atoms with Crippen LogP contribution in [0.15, 0.2) is 54.6 Å². The highest BCUT2D eigenvalue weighted by Gasteiger charge is 2.10. The van der Waals surface area contributed by atoms with Crippen molar-refractivity contribution in [2.75, 3.05) is 0 Å². The maximum absolute atomic E-state index is 11.8. The van der Waals surface area contributed by atoms with Gasteiger partial charge in [0.05, 0.1) is 12.2 Å². The number of benzene rings is 2. The smallest absolute Gasteiger partial charge is 0.176 e. The van der Waals surface area contributed by atoms with Gasteiger partial charge in [0.2, 0.25) is 0 Å². The Morgan fingerprint density at radius 1 is 1.14 bits per heavy atom. The lowest BCUT2D eigenvalue weighted by Gasteiger charge is -2.04. The van der Waals surface area contributed by atoms with Crippen molar-refractivity contribution in [3.63, 3.8) is 0 Å². The van der Waals surface area contributed by atoms with Crippen molar-refractivity contribution in [2.24, 2.45) is 0 Å². The van der Waals surface area contributed by atoms with E-state index in [0.29, 0.717) is 17.3 Å². The Bertz CT molecular complexity index is 895. The minimum absolute atomic E-state index is 0.0458. The van der Waals surface area contributed by atoms with Crippen LogP contribution in [0.25, 0.3) is 10.9 Å². The number of carbonyl (C=O) groups is 1. The Morgan fingerprint density at radius 3 is 2.59 bits per heavy atom. The van der Waals surface area contributed by atoms with Crippen LogP contribution in [0, 0.1) is 11.8 Å². The first kappa shape index (κ1) is 14.4. The van der Waals surface area contributed by atoms with E-state index in [1.165, 1.54) is 0 Å². The molecule has 0 atom stereocenters. The Morgan fingerprint density at radius 2 is 1.86 bits per heavy atom. The summed E-state index contributed by atoms with van der Waals surface area (Å²) in [6.07, 6.45) is 0. The summed E-state index contributed by atoms with van der Waals surface area (Å²) in [5.41, 5.74) is 2.62. The number of fused-ring (bicyclic) bond motifs is 1. The number of rotatable bonds is 2. The first-order chi connectivity index (χ1) is 10.6. The highest BCUT2D eigenvalue weighted by Crippen LogP contribution is 2.20. The Hall–Kier alpha value is -2.50. The second-order valence-electron chi connectivity index (χ2n) is 5.04. The molecule has 3 aromatic rings. The molecule has 1 aromatic heterocycles. The normalized spacial score (nSPS) is 10.3. The van der Waals surface area contributed by atoms with Gasteiger partial charge in [-0.3, -0.25) is 4.79 Å². The monoisotopic (exact) mass is 307 g/mol. The predicted molar refractivity (Wildman–Crippen MR) is 90.3 cm³/mol. The second kappa shape index (κ2) is 6.09. The van der Waals surface area contributed by atoms with Crippen LogP contribution in [-0.2, 0) is 6.54 Å². The van der Waals surface area contributed by atoms with Gasteiger partial charge in [0.25, 0.3) is 0 Å². The molecule has 22 heavy (non-hydrogen) atoms. The van der Waals surface area contributed by atoms with Crippen LogP contribution < -0.4 is 0 Å². The highest BCUT2D eigenvalue weighted by atomic mass is 35.5. The minimum Gasteiger partial charge on any atom is -0.326 e. The van der Waals surface area contributed by atoms with E-state index in [0.717, 1.165) is 16.5 Å². The van der Waals surface area contributed by atoms with Crippen molar-refractivity contribution < 1.29 is 4.79 Å². The molecular weight excluding hydrogens is 294 g/mol. The number of carbonyl (C=O) groups excluding carboxylic acids is 1. The van der Waals surface area contributed by atoms with Crippen molar-refractivity contribution in [3.05, 3.63) is 70.9 Å². The van der Waals surface area contributed by atoms with Gasteiger partial charge in [-0.2, -0.15) is 0 Å². The van der Waals surface area contributed by atoms with E-state index in [-0.39, 0.29) is 5.78 Å². The zero-order chi connectivity index (χ0) is 15.5. The van der Waals surface area contributed by atoms with Crippen LogP contribution in [0.1, 0.15) is 23.0 Å². The van der Waals surface area contributed by atoms with E-state index in [1.54, 1.807) is 6.92 Å². The number of para-hydroxylation sites is 1. The average molecular weight is 308 g/mol. The molecule has 0 amide bonds. The van der Waals surface area contributed by atoms with Crippen LogP contribution in [0.5, 0.6) is 0 Å². The molecule has 0 unspecified atom stereocenters. The molecule has 0 bridgehead atoms. The zero-order valence-electron chi connectivity index (χ0n) is 12.1. The second-order valence-corrected chi connectivity index (χ2v) is 5.48. The molecule has 108 valence electrons. The zero-order valence-corrected chi connectivity index (χ0v) is 12.9. The van der Waals surface area contributed by atoms with Gasteiger partial charge in [0.15, 0.2) is 5.78 Å². The molecule has 3 rings (SSSR count). The van der Waals surface area contributed by atoms with Gasteiger partial charge in [-0.05, 0) is 36.4 Å². The van der Waals surface area contributed by atoms with Crippen molar-refractivity contribution in [1.82, 2.24) is 4.57 Å². The topological polar surface area (TPSA) is 22.0 Å². The van der Waals surface area contributed by atoms with Crippen LogP contribution in [0.3, 0.4) is 0 Å². The summed E-state index contributed by atoms with van der Waals surface area (Å²) in [5.74, 6) is 6.27. The summed E-state index contributed by atoms with van der Waals surface area (Å²) in [6.45, 7) is 2.06. The largest absolute Gasteiger partial charge is 0.326 e. The van der Waals surface area contributed by atoms with E-state index in [4.69, 9.17) is 11.6 Å². The van der Waals surface area contributed by atoms with Gasteiger partial charge >= 0.3 is 0 Å². The van der Waals surface area contributed by atoms with Gasteiger partial charge in [-0.25, -0.2) is 0 Å². The molecule has 0 fully saturated rings. The molecule has 1 heterocycles. The summed E-state index contributed by atoms with van der Waals surface area (Å²) in [4.78, 5) is 11.8. The van der Waals surface area contributed by atoms with Gasteiger partial charge in [0.1, 0.15) is 0 Å². The standard InChI is InChI=1S/C19H14ClNO/c1-14(22)19-13-16-6-2-3-7-18(16)21(19)12-4-5-15-8-10-17(20)11-9-15/h2-3,6-11,13H,12H2,1H3. The molecule has 2 aromatic carbocycles. The van der Waals surface area contributed by atoms with Crippen molar-refractivity contribution in [3.8, 4) is 11.8 Å². The summed E-state index contributed by atoms with van der Waals surface area (Å²) in [6, 6.07) is 17.3. The summed E-state index contributed by atoms with van der Waals surface area (Å²) >= 11 is 5.86. The van der Waals surface area contributed by atoms with E-state index >= 15 is 0 Å². The first-order valence-corrected chi connectivity index (χ1v) is 7.36. The fraction of sp³-hybridized carbons (Fsp3) is 0.105. The molecule has 2 nitrogen and oxygen atoms in total. The van der Waals surface area contributed by atoms with Gasteiger partial charge < -0.3 is 4.57 Å². The molecule has 0 spiro atoms. The highest BCUT2D eigenvalue weighted by molar-refractivity contribution is 6.30. The lowest BCUT2D eigenvalue weighted by molar-refractivity contribution is 0.101. The third-order valence-electron chi connectivity index (χ3n) is 3.49. The molecule has 0 aliphatic carbocycles. The number of Topliss-reactive ketones (excluding diaryl/α,β-unsaturated/α-hetero) is 1. The average Bonchev–Trinajstić information content (AvgIpc) is 2.89. The number of hydrogen-bond acceptors (Lipinski definition) is 1. The van der Waals surface area contributed by atoms with Gasteiger partial charge in [-0.1, -0.05) is 41.6 Å². The fourth-order valence-corrected chi connectivity index (χ4v) is 2.55. The van der Waals surface area contributed by atoms with Gasteiger partial charge in [-0.15, -0.1) is 0 Å². The van der Waals surface area contributed by atoms with E-state index < -0.39 is 0 Å². The first-order valence-electron chi connectivity index (χ1n) is 6.99. The molecular formula is C19H14ClNO. The lowest BCUT2D eigenvalue weighted by atomic mass is 10.2. The molecule has 0 aliphatic rings. The van der Waals surface area contributed by atoms with Crippen LogP contribution in [0.2, 0.25) is 5.02 Å². The summed E-state index contributed by atoms with van der Waals surface area (Å²) in [5, 5.41) is 1.75. The fourth-order valence-electron chi connectivity index (χ4n) is 2.43. The van der Waals surface area contributed by atoms with E-state index in [1.807, 2.05) is 59.2 Å². The Labute approximate surface area is 134 Å². The molecule has 0 saturated carbocycles. The van der Waals surface area contributed by atoms with Crippen molar-refractivity contribution >= 4 is 28.3 Å². The molecule has 0 saturated heterocycles. The number of aromatic nitrogens is 1. The van der Waals surface area contributed by atoms with Crippen molar-refractivity contribution in [1.29, 1.82) is 0 Å². The third-order valence-corrected chi connectivity index (χ3v) is 3.74. The third kappa shape index (κ3) is 2.90. The molecule has 0 N–H and O–H groups in total. The maximum atomic E-state index is 11.8. The van der Waals surface area contributed by atoms with Crippen LogP contribution in [0.4, 0.5) is 0 Å². The quantitative estimate of drug-likeness (QED) is 0.503. The number of halogens is 1. The van der Waals surface area contributed by atoms with Gasteiger partial charge in [0, 0.05) is 28.4 Å². The predicted octanol–water partition coefficient (Wildman–Crippen LogP) is 4.55. The maximum Gasteiger partial charge on any atom is 0.176 e. The van der Waals surface area contributed by atoms with E-state index in [2.05, 4.69) is 11.8 Å². The number of nitrogens with zero attached hydrogens (tertiary/aromatic N) is 1. The SMILES string of the molecule is CC(=O)c1cc2ccccc2n1CC#Cc1ccc(Cl)cc1. The summed E-state index contributed by atoms with van der Waals surface area (Å²) < 4.78 is 1.96. The Kier molecular flexibility index (Phi) is 4.00. The van der Waals surface area contributed by atoms with Crippen LogP contribution in [-0.4, -0.2) is 10.4 Å². The van der Waals surface area contributed by atoms with Crippen molar-refractivity contribution in [2.45, 2.75) is 13.5 Å². The van der Waals surface area contributed by atoms with Crippen LogP contribution >= 0.6 is 11.6 Å².